The predicted molar refractivity (Wildman–Crippen MR) is 119 cm³/mol. The molecule has 0 aliphatic rings. The molecule has 1 amide bonds. The number of carbonyl (C=O) groups excluding carboxylic acids is 1. The summed E-state index contributed by atoms with van der Waals surface area (Å²) in [7, 11) is -3.88. The molecular weight excluding hydrogens is 416 g/mol. The van der Waals surface area contributed by atoms with Gasteiger partial charge in [0.2, 0.25) is 5.91 Å². The Balaban J connectivity index is 2.30. The normalized spacial score (nSPS) is 11.9. The Kier molecular flexibility index (Phi) is 7.42. The van der Waals surface area contributed by atoms with E-state index in [0.717, 1.165) is 0 Å². The Labute approximate surface area is 176 Å². The molecular formula is C20H25ClN2O3S2. The molecule has 0 heterocycles. The van der Waals surface area contributed by atoms with Crippen molar-refractivity contribution < 1.29 is 13.2 Å². The quantitative estimate of drug-likeness (QED) is 0.656. The molecule has 2 aromatic carbocycles. The Morgan fingerprint density at radius 2 is 1.79 bits per heavy atom. The maximum absolute atomic E-state index is 13.2. The van der Waals surface area contributed by atoms with Crippen molar-refractivity contribution in [3.05, 3.63) is 53.6 Å². The van der Waals surface area contributed by atoms with E-state index < -0.39 is 10.0 Å². The summed E-state index contributed by atoms with van der Waals surface area (Å²) in [5, 5.41) is 2.86. The topological polar surface area (TPSA) is 66.5 Å². The van der Waals surface area contributed by atoms with E-state index in [-0.39, 0.29) is 32.9 Å². The molecule has 0 radical (unpaired) electrons. The molecule has 2 rings (SSSR count). The van der Waals surface area contributed by atoms with E-state index in [0.29, 0.717) is 11.4 Å². The number of hydrogen-bond acceptors (Lipinski definition) is 4. The summed E-state index contributed by atoms with van der Waals surface area (Å²) in [6.07, 6.45) is 0. The number of sulfonamides is 1. The third kappa shape index (κ3) is 5.90. The Morgan fingerprint density at radius 1 is 1.14 bits per heavy atom. The van der Waals surface area contributed by atoms with Gasteiger partial charge in [0.25, 0.3) is 10.0 Å². The van der Waals surface area contributed by atoms with Gasteiger partial charge in [0, 0.05) is 17.0 Å². The maximum atomic E-state index is 13.2. The molecule has 2 aromatic rings. The molecule has 0 bridgehead atoms. The van der Waals surface area contributed by atoms with Crippen molar-refractivity contribution in [2.24, 2.45) is 0 Å². The average Bonchev–Trinajstić information content (AvgIpc) is 2.62. The summed E-state index contributed by atoms with van der Waals surface area (Å²) in [6.45, 7) is 8.10. The van der Waals surface area contributed by atoms with E-state index in [1.807, 2.05) is 26.8 Å². The largest absolute Gasteiger partial charge is 0.325 e. The molecule has 152 valence electrons. The second-order valence-corrected chi connectivity index (χ2v) is 11.1. The SMILES string of the molecule is CCN(c1ccccc1)S(=O)(=O)c1cc(NC(=O)CSC(C)(C)C)ccc1Cl. The number of nitrogens with one attached hydrogen (secondary N) is 1. The highest BCUT2D eigenvalue weighted by Crippen LogP contribution is 2.31. The van der Waals surface area contributed by atoms with E-state index >= 15 is 0 Å². The van der Waals surface area contributed by atoms with Crippen molar-refractivity contribution in [3.8, 4) is 0 Å². The minimum absolute atomic E-state index is 0.0385. The van der Waals surface area contributed by atoms with Gasteiger partial charge >= 0.3 is 0 Å². The zero-order valence-electron chi connectivity index (χ0n) is 16.4. The molecule has 0 unspecified atom stereocenters. The van der Waals surface area contributed by atoms with E-state index in [4.69, 9.17) is 11.6 Å². The van der Waals surface area contributed by atoms with Crippen LogP contribution in [0.5, 0.6) is 0 Å². The van der Waals surface area contributed by atoms with E-state index in [1.54, 1.807) is 37.3 Å². The highest BCUT2D eigenvalue weighted by molar-refractivity contribution is 8.01. The number of carbonyl (C=O) groups is 1. The fourth-order valence-electron chi connectivity index (χ4n) is 2.46. The average molecular weight is 441 g/mol. The van der Waals surface area contributed by atoms with Gasteiger partial charge in [-0.05, 0) is 37.3 Å². The molecule has 28 heavy (non-hydrogen) atoms. The highest BCUT2D eigenvalue weighted by Gasteiger charge is 2.26. The number of halogens is 1. The number of benzene rings is 2. The predicted octanol–water partition coefficient (Wildman–Crippen LogP) is 5.03. The number of para-hydroxylation sites is 1. The zero-order valence-corrected chi connectivity index (χ0v) is 18.8. The van der Waals surface area contributed by atoms with Gasteiger partial charge in [0.05, 0.1) is 16.5 Å². The summed E-state index contributed by atoms with van der Waals surface area (Å²) >= 11 is 7.72. The van der Waals surface area contributed by atoms with Gasteiger partial charge in [-0.15, -0.1) is 11.8 Å². The Hall–Kier alpha value is -1.70. The monoisotopic (exact) mass is 440 g/mol. The number of amides is 1. The van der Waals surface area contributed by atoms with Crippen LogP contribution in [0.4, 0.5) is 11.4 Å². The molecule has 5 nitrogen and oxygen atoms in total. The van der Waals surface area contributed by atoms with E-state index in [9.17, 15) is 13.2 Å². The first-order valence-electron chi connectivity index (χ1n) is 8.86. The van der Waals surface area contributed by atoms with Crippen LogP contribution in [-0.4, -0.2) is 31.4 Å². The summed E-state index contributed by atoms with van der Waals surface area (Å²) in [4.78, 5) is 12.2. The molecule has 0 saturated heterocycles. The first kappa shape index (κ1) is 22.6. The molecule has 0 spiro atoms. The smallest absolute Gasteiger partial charge is 0.265 e. The van der Waals surface area contributed by atoms with Crippen molar-refractivity contribution in [3.63, 3.8) is 0 Å². The fraction of sp³-hybridized carbons (Fsp3) is 0.350. The van der Waals surface area contributed by atoms with Crippen molar-refractivity contribution in [2.45, 2.75) is 37.3 Å². The molecule has 0 aliphatic carbocycles. The first-order valence-corrected chi connectivity index (χ1v) is 11.7. The van der Waals surface area contributed by atoms with Gasteiger partial charge in [-0.2, -0.15) is 0 Å². The van der Waals surface area contributed by atoms with Gasteiger partial charge in [-0.1, -0.05) is 50.6 Å². The van der Waals surface area contributed by atoms with E-state index in [1.165, 1.54) is 28.2 Å². The van der Waals surface area contributed by atoms with Crippen LogP contribution >= 0.6 is 23.4 Å². The summed E-state index contributed by atoms with van der Waals surface area (Å²) in [6, 6.07) is 13.3. The molecule has 0 fully saturated rings. The molecule has 0 saturated carbocycles. The minimum atomic E-state index is -3.88. The zero-order chi connectivity index (χ0) is 20.9. The molecule has 8 heteroatoms. The lowest BCUT2D eigenvalue weighted by Crippen LogP contribution is -2.31. The number of nitrogens with zero attached hydrogens (tertiary/aromatic N) is 1. The van der Waals surface area contributed by atoms with Gasteiger partial charge in [0.1, 0.15) is 4.90 Å². The molecule has 0 aliphatic heterocycles. The lowest BCUT2D eigenvalue weighted by Gasteiger charge is -2.23. The third-order valence-corrected chi connectivity index (χ3v) is 7.41. The van der Waals surface area contributed by atoms with Crippen LogP contribution < -0.4 is 9.62 Å². The van der Waals surface area contributed by atoms with Crippen LogP contribution in [-0.2, 0) is 14.8 Å². The maximum Gasteiger partial charge on any atom is 0.265 e. The second-order valence-electron chi connectivity index (χ2n) is 7.10. The summed E-state index contributed by atoms with van der Waals surface area (Å²) in [5.41, 5.74) is 0.948. The van der Waals surface area contributed by atoms with Crippen LogP contribution in [0, 0.1) is 0 Å². The molecule has 0 aromatic heterocycles. The first-order chi connectivity index (χ1) is 13.0. The second kappa shape index (κ2) is 9.20. The van der Waals surface area contributed by atoms with Crippen LogP contribution in [0.15, 0.2) is 53.4 Å². The molecule has 1 N–H and O–H groups in total. The number of rotatable bonds is 7. The van der Waals surface area contributed by atoms with Crippen LogP contribution in [0.1, 0.15) is 27.7 Å². The van der Waals surface area contributed by atoms with Crippen molar-refractivity contribution in [1.82, 2.24) is 0 Å². The fourth-order valence-corrected chi connectivity index (χ4v) is 5.08. The Morgan fingerprint density at radius 3 is 2.36 bits per heavy atom. The summed E-state index contributed by atoms with van der Waals surface area (Å²) < 4.78 is 27.7. The van der Waals surface area contributed by atoms with Crippen LogP contribution in [0.2, 0.25) is 5.02 Å². The van der Waals surface area contributed by atoms with Crippen molar-refractivity contribution >= 4 is 50.7 Å². The standard InChI is InChI=1S/C20H25ClN2O3S2/c1-5-23(16-9-7-6-8-10-16)28(25,26)18-13-15(11-12-17(18)21)22-19(24)14-27-20(2,3)4/h6-13H,5,14H2,1-4H3,(H,22,24). The lowest BCUT2D eigenvalue weighted by atomic mass is 10.3. The van der Waals surface area contributed by atoms with Crippen molar-refractivity contribution in [2.75, 3.05) is 21.9 Å². The Bertz CT molecular complexity index is 926. The third-order valence-electron chi connectivity index (χ3n) is 3.75. The number of anilines is 2. The van der Waals surface area contributed by atoms with Gasteiger partial charge in [-0.3, -0.25) is 9.10 Å². The number of thioether (sulfide) groups is 1. The van der Waals surface area contributed by atoms with Crippen LogP contribution in [0.25, 0.3) is 0 Å². The highest BCUT2D eigenvalue weighted by atomic mass is 35.5. The van der Waals surface area contributed by atoms with Gasteiger partial charge in [0.15, 0.2) is 0 Å². The van der Waals surface area contributed by atoms with Gasteiger partial charge < -0.3 is 5.32 Å². The minimum Gasteiger partial charge on any atom is -0.325 e. The van der Waals surface area contributed by atoms with E-state index in [2.05, 4.69) is 5.32 Å². The molecule has 0 atom stereocenters. The van der Waals surface area contributed by atoms with Gasteiger partial charge in [-0.25, -0.2) is 8.42 Å². The summed E-state index contributed by atoms with van der Waals surface area (Å²) in [5.74, 6) is 0.0836. The van der Waals surface area contributed by atoms with Crippen molar-refractivity contribution in [1.29, 1.82) is 0 Å². The van der Waals surface area contributed by atoms with Crippen LogP contribution in [0.3, 0.4) is 0 Å². The lowest BCUT2D eigenvalue weighted by molar-refractivity contribution is -0.113. The number of hydrogen-bond donors (Lipinski definition) is 1.